The number of nitrogens with one attached hydrogen (secondary N) is 2. The van der Waals surface area contributed by atoms with Crippen molar-refractivity contribution in [3.63, 3.8) is 0 Å². The van der Waals surface area contributed by atoms with E-state index in [-0.39, 0.29) is 5.91 Å². The van der Waals surface area contributed by atoms with Crippen LogP contribution in [0.1, 0.15) is 18.1 Å². The van der Waals surface area contributed by atoms with Crippen molar-refractivity contribution in [3.05, 3.63) is 35.4 Å². The highest BCUT2D eigenvalue weighted by Gasteiger charge is 2.21. The molecule has 138 valence electrons. The third kappa shape index (κ3) is 4.76. The molecule has 2 aromatic rings. The molecular weight excluding hydrogens is 362 g/mol. The molecule has 0 saturated heterocycles. The number of nitriles is 2. The molecule has 0 spiro atoms. The molecule has 7 nitrogen and oxygen atoms in total. The number of anilines is 2. The number of carbonyl (C=O) groups is 1. The van der Waals surface area contributed by atoms with Crippen LogP contribution in [0.3, 0.4) is 0 Å². The third-order valence-corrected chi connectivity index (χ3v) is 4.58. The topological polar surface area (TPSA) is 111 Å². The van der Waals surface area contributed by atoms with E-state index in [1.165, 1.54) is 18.7 Å². The molecule has 0 atom stereocenters. The lowest BCUT2D eigenvalue weighted by Crippen LogP contribution is -2.06. The highest BCUT2D eigenvalue weighted by molar-refractivity contribution is 7.99. The van der Waals surface area contributed by atoms with Crippen molar-refractivity contribution in [3.8, 4) is 23.3 Å². The number of hydrogen-bond donors (Lipinski definition) is 2. The van der Waals surface area contributed by atoms with Gasteiger partial charge in [-0.1, -0.05) is 12.1 Å². The van der Waals surface area contributed by atoms with Gasteiger partial charge in [0.25, 0.3) is 0 Å². The normalized spacial score (nSPS) is 9.96. The van der Waals surface area contributed by atoms with Crippen LogP contribution in [0.4, 0.5) is 11.5 Å². The zero-order valence-corrected chi connectivity index (χ0v) is 16.1. The molecular formula is C19H19N5O2S. The number of ether oxygens (including phenoxy) is 1. The van der Waals surface area contributed by atoms with Crippen LogP contribution < -0.4 is 10.6 Å². The van der Waals surface area contributed by atoms with Crippen molar-refractivity contribution in [2.75, 3.05) is 37.2 Å². The summed E-state index contributed by atoms with van der Waals surface area (Å²) in [5, 5.41) is 25.6. The highest BCUT2D eigenvalue weighted by atomic mass is 32.2. The van der Waals surface area contributed by atoms with E-state index in [4.69, 9.17) is 4.74 Å². The Labute approximate surface area is 162 Å². The van der Waals surface area contributed by atoms with Crippen molar-refractivity contribution in [1.29, 1.82) is 10.5 Å². The Kier molecular flexibility index (Phi) is 7.18. The van der Waals surface area contributed by atoms with Gasteiger partial charge in [0.1, 0.15) is 28.5 Å². The number of thioether (sulfide) groups is 1. The summed E-state index contributed by atoms with van der Waals surface area (Å²) in [4.78, 5) is 15.6. The van der Waals surface area contributed by atoms with Crippen molar-refractivity contribution in [2.45, 2.75) is 11.9 Å². The fourth-order valence-corrected chi connectivity index (χ4v) is 3.39. The van der Waals surface area contributed by atoms with Crippen LogP contribution in [0.2, 0.25) is 0 Å². The van der Waals surface area contributed by atoms with Gasteiger partial charge in [0.2, 0.25) is 5.91 Å². The largest absolute Gasteiger partial charge is 0.384 e. The average molecular weight is 381 g/mol. The molecule has 1 aromatic carbocycles. The molecule has 0 bridgehead atoms. The highest BCUT2D eigenvalue weighted by Crippen LogP contribution is 2.36. The van der Waals surface area contributed by atoms with Gasteiger partial charge in [-0.15, -0.1) is 11.8 Å². The first kappa shape index (κ1) is 20.2. The summed E-state index contributed by atoms with van der Waals surface area (Å²) in [5.74, 6) is 0.877. The maximum Gasteiger partial charge on any atom is 0.221 e. The number of amides is 1. The molecule has 0 saturated carbocycles. The van der Waals surface area contributed by atoms with Crippen LogP contribution in [-0.2, 0) is 9.53 Å². The molecule has 2 N–H and O–H groups in total. The van der Waals surface area contributed by atoms with Gasteiger partial charge in [-0.3, -0.25) is 4.79 Å². The average Bonchev–Trinajstić information content (AvgIpc) is 2.67. The monoisotopic (exact) mass is 381 g/mol. The van der Waals surface area contributed by atoms with Crippen molar-refractivity contribution < 1.29 is 9.53 Å². The minimum Gasteiger partial charge on any atom is -0.384 e. The predicted molar refractivity (Wildman–Crippen MR) is 106 cm³/mol. The summed E-state index contributed by atoms with van der Waals surface area (Å²) >= 11 is 1.40. The number of aromatic nitrogens is 1. The van der Waals surface area contributed by atoms with E-state index < -0.39 is 0 Å². The second kappa shape index (κ2) is 9.58. The zero-order valence-electron chi connectivity index (χ0n) is 15.3. The lowest BCUT2D eigenvalue weighted by Gasteiger charge is -2.15. The fraction of sp³-hybridized carbons (Fsp3) is 0.263. The predicted octanol–water partition coefficient (Wildman–Crippen LogP) is 3.23. The number of nitrogens with zero attached hydrogens (tertiary/aromatic N) is 3. The van der Waals surface area contributed by atoms with Crippen LogP contribution in [0.5, 0.6) is 0 Å². The van der Waals surface area contributed by atoms with E-state index in [2.05, 4.69) is 27.8 Å². The molecule has 2 rings (SSSR count). The summed E-state index contributed by atoms with van der Waals surface area (Å²) in [6.45, 7) is 1.95. The van der Waals surface area contributed by atoms with Crippen LogP contribution in [-0.4, -0.2) is 37.4 Å². The van der Waals surface area contributed by atoms with E-state index in [0.29, 0.717) is 51.1 Å². The number of benzene rings is 1. The first-order valence-electron chi connectivity index (χ1n) is 8.11. The number of carbonyl (C=O) groups excluding carboxylic acids is 1. The number of rotatable bonds is 7. The molecule has 0 aliphatic rings. The van der Waals surface area contributed by atoms with Crippen LogP contribution in [0.25, 0.3) is 11.1 Å². The molecule has 1 amide bonds. The van der Waals surface area contributed by atoms with Crippen molar-refractivity contribution >= 4 is 29.2 Å². The molecule has 8 heteroatoms. The van der Waals surface area contributed by atoms with Crippen LogP contribution in [0.15, 0.2) is 29.3 Å². The number of hydrogen-bond acceptors (Lipinski definition) is 7. The van der Waals surface area contributed by atoms with Gasteiger partial charge in [0.05, 0.1) is 12.2 Å². The van der Waals surface area contributed by atoms with Gasteiger partial charge in [-0.05, 0) is 17.7 Å². The molecule has 0 fully saturated rings. The van der Waals surface area contributed by atoms with E-state index >= 15 is 0 Å². The van der Waals surface area contributed by atoms with E-state index in [9.17, 15) is 15.3 Å². The molecule has 27 heavy (non-hydrogen) atoms. The van der Waals surface area contributed by atoms with Gasteiger partial charge in [-0.2, -0.15) is 10.5 Å². The summed E-state index contributed by atoms with van der Waals surface area (Å²) in [6, 6.07) is 11.3. The van der Waals surface area contributed by atoms with Crippen molar-refractivity contribution in [2.24, 2.45) is 0 Å². The lowest BCUT2D eigenvalue weighted by atomic mass is 9.96. The van der Waals surface area contributed by atoms with Crippen molar-refractivity contribution in [1.82, 2.24) is 4.98 Å². The minimum atomic E-state index is -0.170. The summed E-state index contributed by atoms with van der Waals surface area (Å²) < 4.78 is 5.06. The van der Waals surface area contributed by atoms with Crippen LogP contribution in [0, 0.1) is 22.7 Å². The Morgan fingerprint density at radius 3 is 2.41 bits per heavy atom. The Balaban J connectivity index is 2.61. The third-order valence-electron chi connectivity index (χ3n) is 3.64. The summed E-state index contributed by atoms with van der Waals surface area (Å²) in [5.41, 5.74) is 2.51. The quantitative estimate of drug-likeness (QED) is 0.559. The zero-order chi connectivity index (χ0) is 19.8. The van der Waals surface area contributed by atoms with E-state index in [1.54, 1.807) is 38.4 Å². The SMILES string of the molecule is CNc1nc(SCCOC)c(C#N)c(-c2ccc(NC(C)=O)cc2)c1C#N. The Bertz CT molecular complexity index is 914. The summed E-state index contributed by atoms with van der Waals surface area (Å²) in [7, 11) is 3.29. The van der Waals surface area contributed by atoms with Crippen LogP contribution >= 0.6 is 11.8 Å². The second-order valence-corrected chi connectivity index (χ2v) is 6.55. The molecule has 0 unspecified atom stereocenters. The Hall–Kier alpha value is -3.07. The first-order chi connectivity index (χ1) is 13.0. The van der Waals surface area contributed by atoms with Gasteiger partial charge >= 0.3 is 0 Å². The Morgan fingerprint density at radius 1 is 1.22 bits per heavy atom. The smallest absolute Gasteiger partial charge is 0.221 e. The first-order valence-corrected chi connectivity index (χ1v) is 9.10. The molecule has 1 aromatic heterocycles. The number of methoxy groups -OCH3 is 1. The van der Waals surface area contributed by atoms with E-state index in [1.807, 2.05) is 0 Å². The standard InChI is InChI=1S/C19H19N5O2S/c1-12(25)23-14-6-4-13(5-7-14)17-15(10-20)18(22-2)24-19(16(17)11-21)27-9-8-26-3/h4-7H,8-9H2,1-3H3,(H,22,24)(H,23,25). The lowest BCUT2D eigenvalue weighted by molar-refractivity contribution is -0.114. The van der Waals surface area contributed by atoms with Gasteiger partial charge in [0, 0.05) is 38.1 Å². The van der Waals surface area contributed by atoms with Gasteiger partial charge in [-0.25, -0.2) is 4.98 Å². The van der Waals surface area contributed by atoms with E-state index in [0.717, 1.165) is 0 Å². The van der Waals surface area contributed by atoms with Gasteiger partial charge < -0.3 is 15.4 Å². The number of pyridine rings is 1. The fourth-order valence-electron chi connectivity index (χ4n) is 2.50. The second-order valence-electron chi connectivity index (χ2n) is 5.46. The maximum atomic E-state index is 11.2. The summed E-state index contributed by atoms with van der Waals surface area (Å²) in [6.07, 6.45) is 0. The minimum absolute atomic E-state index is 0.170. The molecule has 0 aliphatic heterocycles. The van der Waals surface area contributed by atoms with Gasteiger partial charge in [0.15, 0.2) is 0 Å². The molecule has 0 radical (unpaired) electrons. The Morgan fingerprint density at radius 2 is 1.89 bits per heavy atom. The molecule has 1 heterocycles. The molecule has 0 aliphatic carbocycles. The maximum absolute atomic E-state index is 11.2.